The van der Waals surface area contributed by atoms with Crippen molar-refractivity contribution in [3.63, 3.8) is 0 Å². The zero-order valence-electron chi connectivity index (χ0n) is 10.3. The van der Waals surface area contributed by atoms with Crippen molar-refractivity contribution in [2.24, 2.45) is 5.73 Å². The molecular weight excluding hydrogens is 188 g/mol. The molecule has 0 bridgehead atoms. The monoisotopic (exact) mass is 212 g/mol. The van der Waals surface area contributed by atoms with Crippen LogP contribution in [0, 0.1) is 0 Å². The Bertz CT molecular complexity index is 216. The van der Waals surface area contributed by atoms with Crippen molar-refractivity contribution in [3.8, 4) is 0 Å². The number of hydrogen-bond acceptors (Lipinski definition) is 2. The van der Waals surface area contributed by atoms with Gasteiger partial charge < -0.3 is 10.6 Å². The summed E-state index contributed by atoms with van der Waals surface area (Å²) >= 11 is 0. The maximum absolute atomic E-state index is 11.9. The van der Waals surface area contributed by atoms with Crippen LogP contribution in [0.1, 0.15) is 52.9 Å². The van der Waals surface area contributed by atoms with Crippen LogP contribution in [0.25, 0.3) is 0 Å². The molecule has 1 aliphatic carbocycles. The average Bonchev–Trinajstić information content (AvgIpc) is 2.92. The summed E-state index contributed by atoms with van der Waals surface area (Å²) < 4.78 is 0. The van der Waals surface area contributed by atoms with Gasteiger partial charge in [-0.15, -0.1) is 0 Å². The number of nitrogens with zero attached hydrogens (tertiary/aromatic N) is 1. The highest BCUT2D eigenvalue weighted by molar-refractivity contribution is 5.77. The van der Waals surface area contributed by atoms with E-state index in [1.165, 1.54) is 12.8 Å². The molecule has 15 heavy (non-hydrogen) atoms. The molecule has 0 aromatic rings. The van der Waals surface area contributed by atoms with Crippen LogP contribution in [0.5, 0.6) is 0 Å². The third-order valence-corrected chi connectivity index (χ3v) is 2.76. The fourth-order valence-corrected chi connectivity index (χ4v) is 1.71. The Kier molecular flexibility index (Phi) is 4.14. The van der Waals surface area contributed by atoms with Gasteiger partial charge in [0.1, 0.15) is 0 Å². The first kappa shape index (κ1) is 12.5. The third-order valence-electron chi connectivity index (χ3n) is 2.76. The highest BCUT2D eigenvalue weighted by Gasteiger charge is 2.31. The molecule has 3 heteroatoms. The molecule has 3 nitrogen and oxygen atoms in total. The van der Waals surface area contributed by atoms with Gasteiger partial charge in [-0.1, -0.05) is 6.92 Å². The van der Waals surface area contributed by atoms with Crippen LogP contribution in [0.2, 0.25) is 0 Å². The molecule has 0 unspecified atom stereocenters. The number of rotatable bonds is 6. The molecule has 1 rings (SSSR count). The minimum atomic E-state index is -0.225. The summed E-state index contributed by atoms with van der Waals surface area (Å²) in [5.74, 6) is 0.290. The number of carbonyl (C=O) groups excluding carboxylic acids is 1. The van der Waals surface area contributed by atoms with E-state index in [4.69, 9.17) is 5.73 Å². The van der Waals surface area contributed by atoms with Gasteiger partial charge in [0.2, 0.25) is 5.91 Å². The zero-order valence-corrected chi connectivity index (χ0v) is 10.3. The first-order chi connectivity index (χ1) is 6.94. The predicted octanol–water partition coefficient (Wildman–Crippen LogP) is 1.90. The molecule has 1 saturated carbocycles. The molecule has 0 aliphatic heterocycles. The van der Waals surface area contributed by atoms with Crippen molar-refractivity contribution in [1.29, 1.82) is 0 Å². The van der Waals surface area contributed by atoms with Gasteiger partial charge in [0.15, 0.2) is 0 Å². The van der Waals surface area contributed by atoms with Gasteiger partial charge in [0, 0.05) is 24.5 Å². The Morgan fingerprint density at radius 1 is 1.47 bits per heavy atom. The standard InChI is InChI=1S/C12H24N2O/c1-4-9-14(10-5-6-10)11(15)7-8-12(2,3)13/h10H,4-9,13H2,1-3H3. The molecule has 0 aromatic carbocycles. The van der Waals surface area contributed by atoms with E-state index < -0.39 is 0 Å². The Labute approximate surface area is 93.0 Å². The van der Waals surface area contributed by atoms with Crippen molar-refractivity contribution in [2.45, 2.75) is 64.5 Å². The van der Waals surface area contributed by atoms with Gasteiger partial charge in [-0.25, -0.2) is 0 Å². The Balaban J connectivity index is 2.35. The lowest BCUT2D eigenvalue weighted by Crippen LogP contribution is -2.37. The predicted molar refractivity (Wildman–Crippen MR) is 62.5 cm³/mol. The van der Waals surface area contributed by atoms with Crippen LogP contribution in [-0.4, -0.2) is 28.9 Å². The van der Waals surface area contributed by atoms with E-state index in [1.807, 2.05) is 18.7 Å². The number of carbonyl (C=O) groups is 1. The van der Waals surface area contributed by atoms with Crippen molar-refractivity contribution >= 4 is 5.91 Å². The number of hydrogen-bond donors (Lipinski definition) is 1. The van der Waals surface area contributed by atoms with E-state index in [-0.39, 0.29) is 11.4 Å². The molecular formula is C12H24N2O. The maximum Gasteiger partial charge on any atom is 0.222 e. The first-order valence-corrected chi connectivity index (χ1v) is 6.02. The zero-order chi connectivity index (χ0) is 11.5. The fourth-order valence-electron chi connectivity index (χ4n) is 1.71. The van der Waals surface area contributed by atoms with Crippen molar-refractivity contribution in [3.05, 3.63) is 0 Å². The third kappa shape index (κ3) is 4.65. The van der Waals surface area contributed by atoms with E-state index in [2.05, 4.69) is 6.92 Å². The van der Waals surface area contributed by atoms with E-state index in [0.717, 1.165) is 19.4 Å². The van der Waals surface area contributed by atoms with Gasteiger partial charge in [0.05, 0.1) is 0 Å². The van der Waals surface area contributed by atoms with E-state index in [9.17, 15) is 4.79 Å². The lowest BCUT2D eigenvalue weighted by molar-refractivity contribution is -0.132. The van der Waals surface area contributed by atoms with Gasteiger partial charge in [0.25, 0.3) is 0 Å². The van der Waals surface area contributed by atoms with E-state index >= 15 is 0 Å². The average molecular weight is 212 g/mol. The Morgan fingerprint density at radius 3 is 2.47 bits per heavy atom. The highest BCUT2D eigenvalue weighted by atomic mass is 16.2. The highest BCUT2D eigenvalue weighted by Crippen LogP contribution is 2.28. The summed E-state index contributed by atoms with van der Waals surface area (Å²) in [5.41, 5.74) is 5.65. The second-order valence-electron chi connectivity index (χ2n) is 5.31. The van der Waals surface area contributed by atoms with Gasteiger partial charge >= 0.3 is 0 Å². The lowest BCUT2D eigenvalue weighted by atomic mass is 9.99. The first-order valence-electron chi connectivity index (χ1n) is 6.02. The largest absolute Gasteiger partial charge is 0.340 e. The molecule has 0 radical (unpaired) electrons. The van der Waals surface area contributed by atoms with Crippen LogP contribution < -0.4 is 5.73 Å². The molecule has 88 valence electrons. The molecule has 0 heterocycles. The molecule has 1 fully saturated rings. The maximum atomic E-state index is 11.9. The summed E-state index contributed by atoms with van der Waals surface area (Å²) in [6.07, 6.45) is 4.81. The smallest absolute Gasteiger partial charge is 0.222 e. The summed E-state index contributed by atoms with van der Waals surface area (Å²) in [7, 11) is 0. The molecule has 0 atom stereocenters. The summed E-state index contributed by atoms with van der Waals surface area (Å²) in [5, 5.41) is 0. The minimum absolute atomic E-state index is 0.225. The summed E-state index contributed by atoms with van der Waals surface area (Å²) in [6, 6.07) is 0.540. The van der Waals surface area contributed by atoms with Crippen molar-refractivity contribution < 1.29 is 4.79 Å². The number of nitrogens with two attached hydrogens (primary N) is 1. The molecule has 0 saturated heterocycles. The van der Waals surface area contributed by atoms with Crippen molar-refractivity contribution in [2.75, 3.05) is 6.54 Å². The summed E-state index contributed by atoms with van der Waals surface area (Å²) in [6.45, 7) is 6.98. The second kappa shape index (κ2) is 4.97. The second-order valence-corrected chi connectivity index (χ2v) is 5.31. The number of amides is 1. The lowest BCUT2D eigenvalue weighted by Gasteiger charge is -2.24. The van der Waals surface area contributed by atoms with Gasteiger partial charge in [-0.3, -0.25) is 4.79 Å². The molecule has 0 spiro atoms. The van der Waals surface area contributed by atoms with Crippen LogP contribution in [-0.2, 0) is 4.79 Å². The van der Waals surface area contributed by atoms with Gasteiger partial charge in [-0.2, -0.15) is 0 Å². The SMILES string of the molecule is CCCN(C(=O)CCC(C)(C)N)C1CC1. The minimum Gasteiger partial charge on any atom is -0.340 e. The topological polar surface area (TPSA) is 46.3 Å². The molecule has 2 N–H and O–H groups in total. The van der Waals surface area contributed by atoms with Crippen molar-refractivity contribution in [1.82, 2.24) is 4.90 Å². The molecule has 0 aromatic heterocycles. The Morgan fingerprint density at radius 2 is 2.07 bits per heavy atom. The van der Waals surface area contributed by atoms with Crippen LogP contribution >= 0.6 is 0 Å². The van der Waals surface area contributed by atoms with Gasteiger partial charge in [-0.05, 0) is 39.5 Å². The molecule has 1 aliphatic rings. The summed E-state index contributed by atoms with van der Waals surface area (Å²) in [4.78, 5) is 14.0. The normalized spacial score (nSPS) is 16.5. The van der Waals surface area contributed by atoms with E-state index in [1.54, 1.807) is 0 Å². The fraction of sp³-hybridized carbons (Fsp3) is 0.917. The molecule has 1 amide bonds. The van der Waals surface area contributed by atoms with Crippen LogP contribution in [0.4, 0.5) is 0 Å². The van der Waals surface area contributed by atoms with Crippen LogP contribution in [0.15, 0.2) is 0 Å². The van der Waals surface area contributed by atoms with Crippen LogP contribution in [0.3, 0.4) is 0 Å². The quantitative estimate of drug-likeness (QED) is 0.731. The van der Waals surface area contributed by atoms with E-state index in [0.29, 0.717) is 12.5 Å². The Hall–Kier alpha value is -0.570.